The maximum Gasteiger partial charge on any atom is 0.208 e. The molecule has 0 radical (unpaired) electrons. The maximum absolute atomic E-state index is 5.62. The van der Waals surface area contributed by atoms with Gasteiger partial charge in [-0.1, -0.05) is 37.1 Å². The lowest BCUT2D eigenvalue weighted by Gasteiger charge is -2.22. The van der Waals surface area contributed by atoms with E-state index in [1.54, 1.807) is 0 Å². The lowest BCUT2D eigenvalue weighted by Crippen LogP contribution is -2.43. The summed E-state index contributed by atoms with van der Waals surface area (Å²) in [6.07, 6.45) is 4.94. The van der Waals surface area contributed by atoms with Crippen molar-refractivity contribution in [3.05, 3.63) is 35.4 Å². The minimum absolute atomic E-state index is 0.436. The van der Waals surface area contributed by atoms with Gasteiger partial charge in [-0.25, -0.2) is 10.8 Å². The van der Waals surface area contributed by atoms with Crippen molar-refractivity contribution in [1.82, 2.24) is 10.3 Å². The van der Waals surface area contributed by atoms with Gasteiger partial charge in [0.15, 0.2) is 0 Å². The summed E-state index contributed by atoms with van der Waals surface area (Å²) in [6.45, 7) is 2.95. The summed E-state index contributed by atoms with van der Waals surface area (Å²) in [5.74, 6) is 6.41. The van der Waals surface area contributed by atoms with Crippen LogP contribution in [0.2, 0.25) is 0 Å². The van der Waals surface area contributed by atoms with Crippen LogP contribution in [0.25, 0.3) is 0 Å². The highest BCUT2D eigenvalue weighted by Gasteiger charge is 2.16. The molecule has 0 atom stereocenters. The van der Waals surface area contributed by atoms with Gasteiger partial charge in [-0.05, 0) is 30.9 Å². The molecular formula is C15H24N4. The van der Waals surface area contributed by atoms with Crippen LogP contribution in [0.1, 0.15) is 36.8 Å². The Morgan fingerprint density at radius 2 is 2.05 bits per heavy atom. The Bertz CT molecular complexity index is 436. The second-order valence-electron chi connectivity index (χ2n) is 5.32. The van der Waals surface area contributed by atoms with E-state index in [0.717, 1.165) is 12.5 Å². The Labute approximate surface area is 115 Å². The fourth-order valence-electron chi connectivity index (χ4n) is 2.57. The van der Waals surface area contributed by atoms with Crippen LogP contribution in [0.3, 0.4) is 0 Å². The molecule has 2 rings (SSSR count). The molecule has 1 aliphatic rings. The molecule has 0 heterocycles. The summed E-state index contributed by atoms with van der Waals surface area (Å²) in [4.78, 5) is 6.81. The van der Waals surface area contributed by atoms with E-state index in [1.807, 2.05) is 7.05 Å². The van der Waals surface area contributed by atoms with Gasteiger partial charge in [0.05, 0.1) is 6.04 Å². The average Bonchev–Trinajstić information content (AvgIpc) is 2.91. The molecule has 104 valence electrons. The fraction of sp³-hybridized carbons (Fsp3) is 0.533. The molecule has 4 nitrogen and oxygen atoms in total. The Balaban J connectivity index is 2.04. The molecule has 1 aromatic rings. The zero-order chi connectivity index (χ0) is 13.7. The smallest absolute Gasteiger partial charge is 0.208 e. The molecule has 1 aromatic carbocycles. The molecule has 0 aliphatic heterocycles. The van der Waals surface area contributed by atoms with Gasteiger partial charge in [-0.2, -0.15) is 0 Å². The highest BCUT2D eigenvalue weighted by Crippen LogP contribution is 2.21. The lowest BCUT2D eigenvalue weighted by molar-refractivity contribution is 0.470. The van der Waals surface area contributed by atoms with Gasteiger partial charge in [0.1, 0.15) is 0 Å². The molecular weight excluding hydrogens is 236 g/mol. The van der Waals surface area contributed by atoms with E-state index >= 15 is 0 Å². The molecule has 1 aliphatic carbocycles. The van der Waals surface area contributed by atoms with Gasteiger partial charge in [-0.3, -0.25) is 5.43 Å². The maximum atomic E-state index is 5.62. The number of aliphatic imine (C=N–C) groups is 1. The average molecular weight is 260 g/mol. The number of nitrogens with one attached hydrogen (secondary N) is 1. The quantitative estimate of drug-likeness (QED) is 0.379. The number of nitrogens with two attached hydrogens (primary N) is 1. The van der Waals surface area contributed by atoms with E-state index in [2.05, 4.69) is 41.5 Å². The Hall–Kier alpha value is -1.55. The molecule has 0 amide bonds. The summed E-state index contributed by atoms with van der Waals surface area (Å²) >= 11 is 0. The van der Waals surface area contributed by atoms with Crippen LogP contribution in [0.5, 0.6) is 0 Å². The highest BCUT2D eigenvalue weighted by molar-refractivity contribution is 5.79. The summed E-state index contributed by atoms with van der Waals surface area (Å²) in [6, 6.07) is 8.85. The molecule has 0 saturated heterocycles. The molecule has 1 fully saturated rings. The third-order valence-corrected chi connectivity index (χ3v) is 3.79. The number of nitrogens with zero attached hydrogens (tertiary/aromatic N) is 2. The Morgan fingerprint density at radius 3 is 2.68 bits per heavy atom. The predicted octanol–water partition coefficient (Wildman–Crippen LogP) is 2.19. The van der Waals surface area contributed by atoms with E-state index in [-0.39, 0.29) is 0 Å². The number of hydrogen-bond donors (Lipinski definition) is 2. The third kappa shape index (κ3) is 3.70. The molecule has 1 saturated carbocycles. The van der Waals surface area contributed by atoms with Crippen molar-refractivity contribution < 1.29 is 0 Å². The first-order valence-electron chi connectivity index (χ1n) is 7.00. The molecule has 0 unspecified atom stereocenters. The molecule has 0 aromatic heterocycles. The minimum Gasteiger partial charge on any atom is -0.341 e. The largest absolute Gasteiger partial charge is 0.341 e. The molecule has 0 spiro atoms. The van der Waals surface area contributed by atoms with Gasteiger partial charge >= 0.3 is 0 Å². The van der Waals surface area contributed by atoms with Crippen molar-refractivity contribution in [2.75, 3.05) is 7.05 Å². The minimum atomic E-state index is 0.436. The first-order chi connectivity index (χ1) is 9.20. The van der Waals surface area contributed by atoms with Crippen LogP contribution < -0.4 is 11.3 Å². The van der Waals surface area contributed by atoms with Crippen molar-refractivity contribution in [2.45, 2.75) is 45.2 Å². The lowest BCUT2D eigenvalue weighted by atomic mass is 10.1. The van der Waals surface area contributed by atoms with E-state index < -0.39 is 0 Å². The second-order valence-corrected chi connectivity index (χ2v) is 5.32. The SMILES string of the molecule is Cc1ccccc1CN(C)C(=NC1CCCC1)NN. The van der Waals surface area contributed by atoms with E-state index in [1.165, 1.54) is 36.8 Å². The van der Waals surface area contributed by atoms with Gasteiger partial charge < -0.3 is 4.90 Å². The number of hydrogen-bond acceptors (Lipinski definition) is 2. The summed E-state index contributed by atoms with van der Waals surface area (Å²) < 4.78 is 0. The van der Waals surface area contributed by atoms with Gasteiger partial charge in [0.25, 0.3) is 0 Å². The van der Waals surface area contributed by atoms with Crippen molar-refractivity contribution >= 4 is 5.96 Å². The number of hydrazine groups is 1. The van der Waals surface area contributed by atoms with Crippen molar-refractivity contribution in [3.63, 3.8) is 0 Å². The summed E-state index contributed by atoms with van der Waals surface area (Å²) in [7, 11) is 2.03. The van der Waals surface area contributed by atoms with Crippen LogP contribution in [-0.2, 0) is 6.54 Å². The van der Waals surface area contributed by atoms with Crippen molar-refractivity contribution in [2.24, 2.45) is 10.8 Å². The van der Waals surface area contributed by atoms with Crippen LogP contribution in [-0.4, -0.2) is 23.9 Å². The number of rotatable bonds is 3. The first kappa shape index (κ1) is 13.9. The Kier molecular flexibility index (Phi) is 4.80. The topological polar surface area (TPSA) is 53.6 Å². The molecule has 3 N–H and O–H groups in total. The van der Waals surface area contributed by atoms with E-state index in [9.17, 15) is 0 Å². The van der Waals surface area contributed by atoms with E-state index in [0.29, 0.717) is 6.04 Å². The Morgan fingerprint density at radius 1 is 1.37 bits per heavy atom. The molecule has 19 heavy (non-hydrogen) atoms. The van der Waals surface area contributed by atoms with Gasteiger partial charge in [-0.15, -0.1) is 0 Å². The van der Waals surface area contributed by atoms with E-state index in [4.69, 9.17) is 10.8 Å². The fourth-order valence-corrected chi connectivity index (χ4v) is 2.57. The zero-order valence-electron chi connectivity index (χ0n) is 11.9. The summed E-state index contributed by atoms with van der Waals surface area (Å²) in [5.41, 5.74) is 5.35. The normalized spacial score (nSPS) is 16.7. The van der Waals surface area contributed by atoms with Crippen LogP contribution in [0.15, 0.2) is 29.3 Å². The third-order valence-electron chi connectivity index (χ3n) is 3.79. The van der Waals surface area contributed by atoms with Crippen LogP contribution >= 0.6 is 0 Å². The van der Waals surface area contributed by atoms with Gasteiger partial charge in [0, 0.05) is 13.6 Å². The first-order valence-corrected chi connectivity index (χ1v) is 7.00. The molecule has 4 heteroatoms. The van der Waals surface area contributed by atoms with Crippen LogP contribution in [0, 0.1) is 6.92 Å². The zero-order valence-corrected chi connectivity index (χ0v) is 11.9. The standard InChI is InChI=1S/C15H24N4/c1-12-7-3-4-8-13(12)11-19(2)15(18-16)17-14-9-5-6-10-14/h3-4,7-8,14H,5-6,9-11,16H2,1-2H3,(H,17,18). The van der Waals surface area contributed by atoms with Crippen LogP contribution in [0.4, 0.5) is 0 Å². The second kappa shape index (κ2) is 6.57. The number of aryl methyl sites for hydroxylation is 1. The van der Waals surface area contributed by atoms with Crippen molar-refractivity contribution in [3.8, 4) is 0 Å². The van der Waals surface area contributed by atoms with Crippen molar-refractivity contribution in [1.29, 1.82) is 0 Å². The predicted molar refractivity (Wildman–Crippen MR) is 79.7 cm³/mol. The molecule has 0 bridgehead atoms. The number of guanidine groups is 1. The highest BCUT2D eigenvalue weighted by atomic mass is 15.4. The summed E-state index contributed by atoms with van der Waals surface area (Å²) in [5, 5.41) is 0. The number of benzene rings is 1. The van der Waals surface area contributed by atoms with Gasteiger partial charge in [0.2, 0.25) is 5.96 Å². The monoisotopic (exact) mass is 260 g/mol.